The van der Waals surface area contributed by atoms with Crippen LogP contribution in [0, 0.1) is 0 Å². The zero-order valence-electron chi connectivity index (χ0n) is 22.5. The molecule has 222 valence electrons. The van der Waals surface area contributed by atoms with Crippen LogP contribution in [0.25, 0.3) is 0 Å². The maximum Gasteiger partial charge on any atom is 0.266 e. The largest absolute Gasteiger partial charge is 0.381 e. The van der Waals surface area contributed by atoms with E-state index in [1.807, 2.05) is 17.0 Å². The summed E-state index contributed by atoms with van der Waals surface area (Å²) in [5, 5.41) is 9.23. The van der Waals surface area contributed by atoms with Crippen LogP contribution in [0.4, 0.5) is 5.82 Å². The summed E-state index contributed by atoms with van der Waals surface area (Å²) in [6.45, 7) is 1.87. The van der Waals surface area contributed by atoms with Gasteiger partial charge in [-0.05, 0) is 43.0 Å². The normalized spacial score (nSPS) is 19.0. The fourth-order valence-electron chi connectivity index (χ4n) is 5.60. The molecule has 0 bridgehead atoms. The lowest BCUT2D eigenvalue weighted by Gasteiger charge is -2.41. The van der Waals surface area contributed by atoms with Crippen LogP contribution in [0.2, 0.25) is 0 Å². The van der Waals surface area contributed by atoms with E-state index in [2.05, 4.69) is 4.98 Å². The number of imide groups is 1. The lowest BCUT2D eigenvalue weighted by atomic mass is 9.98. The Labute approximate surface area is 245 Å². The van der Waals surface area contributed by atoms with Crippen molar-refractivity contribution in [1.29, 1.82) is 0 Å². The van der Waals surface area contributed by atoms with Gasteiger partial charge >= 0.3 is 0 Å². The SMILES string of the molecule is Cl.O=C1c2ccccc2C(=O)N1CCCCc1ccc(N2CCN(S(=O)(=O)C3(C(=O)NO)CCOCC3)CC2)nc1. The van der Waals surface area contributed by atoms with Crippen LogP contribution in [0.3, 0.4) is 0 Å². The summed E-state index contributed by atoms with van der Waals surface area (Å²) in [6, 6.07) is 10.8. The van der Waals surface area contributed by atoms with Crippen LogP contribution in [0.5, 0.6) is 0 Å². The van der Waals surface area contributed by atoms with E-state index in [1.165, 1.54) is 9.21 Å². The molecule has 0 saturated carbocycles. The number of nitrogens with one attached hydrogen (secondary N) is 1. The van der Waals surface area contributed by atoms with E-state index in [0.717, 1.165) is 24.2 Å². The summed E-state index contributed by atoms with van der Waals surface area (Å²) >= 11 is 0. The van der Waals surface area contributed by atoms with Gasteiger partial charge in [0.1, 0.15) is 5.82 Å². The van der Waals surface area contributed by atoms with Gasteiger partial charge in [-0.1, -0.05) is 18.2 Å². The van der Waals surface area contributed by atoms with Crippen LogP contribution < -0.4 is 10.4 Å². The number of anilines is 1. The minimum atomic E-state index is -4.02. The minimum absolute atomic E-state index is 0. The summed E-state index contributed by atoms with van der Waals surface area (Å²) in [5.74, 6) is -0.655. The summed E-state index contributed by atoms with van der Waals surface area (Å²) in [4.78, 5) is 45.3. The van der Waals surface area contributed by atoms with Crippen LogP contribution in [-0.4, -0.2) is 96.2 Å². The molecule has 14 heteroatoms. The first-order valence-electron chi connectivity index (χ1n) is 13.5. The molecule has 2 N–H and O–H groups in total. The van der Waals surface area contributed by atoms with Gasteiger partial charge in [0.25, 0.3) is 17.7 Å². The third-order valence-electron chi connectivity index (χ3n) is 8.00. The first-order chi connectivity index (χ1) is 19.3. The van der Waals surface area contributed by atoms with Gasteiger partial charge in [0.05, 0.1) is 11.1 Å². The van der Waals surface area contributed by atoms with E-state index < -0.39 is 20.7 Å². The van der Waals surface area contributed by atoms with E-state index >= 15 is 0 Å². The second-order valence-corrected chi connectivity index (χ2v) is 12.5. The number of ether oxygens (including phenoxy) is 1. The molecule has 2 saturated heterocycles. The number of hydroxylamine groups is 1. The number of nitrogens with zero attached hydrogens (tertiary/aromatic N) is 4. The van der Waals surface area contributed by atoms with Gasteiger partial charge in [0.2, 0.25) is 10.0 Å². The Morgan fingerprint density at radius 3 is 2.17 bits per heavy atom. The predicted molar refractivity (Wildman–Crippen MR) is 152 cm³/mol. The average Bonchev–Trinajstić information content (AvgIpc) is 3.24. The predicted octanol–water partition coefficient (Wildman–Crippen LogP) is 1.63. The zero-order chi connectivity index (χ0) is 28.3. The highest BCUT2D eigenvalue weighted by atomic mass is 35.5. The smallest absolute Gasteiger partial charge is 0.266 e. The number of fused-ring (bicyclic) bond motifs is 1. The number of rotatable bonds is 9. The number of aromatic nitrogens is 1. The molecular weight excluding hydrogens is 574 g/mol. The number of carbonyl (C=O) groups is 3. The molecule has 3 aliphatic heterocycles. The number of unbranched alkanes of at least 4 members (excludes halogenated alkanes) is 1. The molecule has 2 aromatic rings. The molecule has 1 aromatic carbocycles. The molecule has 12 nitrogen and oxygen atoms in total. The first kappa shape index (κ1) is 30.8. The summed E-state index contributed by atoms with van der Waals surface area (Å²) in [5.41, 5.74) is 3.50. The van der Waals surface area contributed by atoms with Crippen LogP contribution in [0.1, 0.15) is 52.0 Å². The third-order valence-corrected chi connectivity index (χ3v) is 10.6. The molecule has 41 heavy (non-hydrogen) atoms. The van der Waals surface area contributed by atoms with E-state index in [-0.39, 0.29) is 63.4 Å². The standard InChI is InChI=1S/C27H33N5O7S.ClH/c33-24-21-6-1-2-7-22(21)25(34)32(24)12-4-3-5-20-8-9-23(28-19-20)30-13-15-31(16-14-30)40(37,38)27(26(35)29-36)10-17-39-18-11-27;/h1-2,6-9,19,36H,3-5,10-18H2,(H,29,35);1H. The molecule has 0 radical (unpaired) electrons. The molecule has 2 fully saturated rings. The highest BCUT2D eigenvalue weighted by Crippen LogP contribution is 2.33. The number of hydrogen-bond donors (Lipinski definition) is 2. The van der Waals surface area contributed by atoms with Crippen LogP contribution in [0.15, 0.2) is 42.6 Å². The Kier molecular flexibility index (Phi) is 9.65. The van der Waals surface area contributed by atoms with Gasteiger partial charge in [0, 0.05) is 65.0 Å². The zero-order valence-corrected chi connectivity index (χ0v) is 24.2. The molecule has 0 aliphatic carbocycles. The average molecular weight is 608 g/mol. The first-order valence-corrected chi connectivity index (χ1v) is 14.9. The number of halogens is 1. The van der Waals surface area contributed by atoms with Crippen LogP contribution >= 0.6 is 12.4 Å². The summed E-state index contributed by atoms with van der Waals surface area (Å²) < 4.78 is 31.8. The van der Waals surface area contributed by atoms with Crippen molar-refractivity contribution in [2.45, 2.75) is 36.9 Å². The fourth-order valence-corrected chi connectivity index (χ4v) is 7.70. The highest BCUT2D eigenvalue weighted by molar-refractivity contribution is 7.91. The topological polar surface area (TPSA) is 149 Å². The Morgan fingerprint density at radius 2 is 1.61 bits per heavy atom. The molecule has 0 spiro atoms. The monoisotopic (exact) mass is 607 g/mol. The van der Waals surface area contributed by atoms with E-state index in [1.54, 1.807) is 35.9 Å². The maximum absolute atomic E-state index is 13.5. The van der Waals surface area contributed by atoms with Crippen molar-refractivity contribution in [3.63, 3.8) is 0 Å². The molecule has 4 heterocycles. The highest BCUT2D eigenvalue weighted by Gasteiger charge is 2.54. The van der Waals surface area contributed by atoms with Gasteiger partial charge in [0.15, 0.2) is 4.75 Å². The second kappa shape index (κ2) is 12.8. The number of sulfonamides is 1. The van der Waals surface area contributed by atoms with Crippen molar-refractivity contribution in [1.82, 2.24) is 19.7 Å². The molecule has 5 rings (SSSR count). The van der Waals surface area contributed by atoms with E-state index in [4.69, 9.17) is 4.74 Å². The van der Waals surface area contributed by atoms with Gasteiger partial charge < -0.3 is 9.64 Å². The van der Waals surface area contributed by atoms with Gasteiger partial charge in [-0.3, -0.25) is 24.5 Å². The number of benzene rings is 1. The Bertz CT molecular complexity index is 1340. The van der Waals surface area contributed by atoms with Crippen molar-refractivity contribution in [2.75, 3.05) is 50.8 Å². The molecule has 3 amide bonds. The lowest BCUT2D eigenvalue weighted by molar-refractivity contribution is -0.134. The Hall–Kier alpha value is -3.10. The van der Waals surface area contributed by atoms with E-state index in [9.17, 15) is 28.0 Å². The van der Waals surface area contributed by atoms with Crippen molar-refractivity contribution in [3.8, 4) is 0 Å². The molecule has 0 atom stereocenters. The quantitative estimate of drug-likeness (QED) is 0.188. The maximum atomic E-state index is 13.5. The third kappa shape index (κ3) is 5.82. The van der Waals surface area contributed by atoms with E-state index in [0.29, 0.717) is 37.2 Å². The van der Waals surface area contributed by atoms with Gasteiger partial charge in [-0.2, -0.15) is 4.31 Å². The Balaban J connectivity index is 0.00000387. The molecule has 0 unspecified atom stereocenters. The summed E-state index contributed by atoms with van der Waals surface area (Å²) in [7, 11) is -4.02. The fraction of sp³-hybridized carbons (Fsp3) is 0.481. The number of pyridine rings is 1. The molecule has 3 aliphatic rings. The molecule has 1 aromatic heterocycles. The Morgan fingerprint density at radius 1 is 0.976 bits per heavy atom. The van der Waals surface area contributed by atoms with Crippen molar-refractivity contribution >= 4 is 46.0 Å². The number of aryl methyl sites for hydroxylation is 1. The second-order valence-electron chi connectivity index (χ2n) is 10.2. The van der Waals surface area contributed by atoms with Gasteiger partial charge in [-0.25, -0.2) is 18.9 Å². The van der Waals surface area contributed by atoms with Crippen LogP contribution in [-0.2, 0) is 26.0 Å². The van der Waals surface area contributed by atoms with Gasteiger partial charge in [-0.15, -0.1) is 12.4 Å². The number of hydrogen-bond acceptors (Lipinski definition) is 9. The molecular formula is C27H34ClN5O7S. The lowest BCUT2D eigenvalue weighted by Crippen LogP contribution is -2.62. The van der Waals surface area contributed by atoms with Crippen molar-refractivity contribution in [3.05, 3.63) is 59.3 Å². The van der Waals surface area contributed by atoms with Crippen molar-refractivity contribution < 1.29 is 32.7 Å². The number of carbonyl (C=O) groups excluding carboxylic acids is 3. The number of amides is 3. The van der Waals surface area contributed by atoms with Crippen molar-refractivity contribution in [2.24, 2.45) is 0 Å². The minimum Gasteiger partial charge on any atom is -0.381 e. The summed E-state index contributed by atoms with van der Waals surface area (Å²) in [6.07, 6.45) is 4.00. The number of piperazine rings is 1.